The third-order valence-electron chi connectivity index (χ3n) is 4.07. The Bertz CT molecular complexity index is 556. The summed E-state index contributed by atoms with van der Waals surface area (Å²) in [5, 5.41) is 5.76. The molecule has 2 aliphatic rings. The topological polar surface area (TPSA) is 67.4 Å². The summed E-state index contributed by atoms with van der Waals surface area (Å²) < 4.78 is 5.26. The molecule has 2 unspecified atom stereocenters. The summed E-state index contributed by atoms with van der Waals surface area (Å²) in [5.41, 5.74) is 2.50. The molecule has 0 bridgehead atoms. The van der Waals surface area contributed by atoms with Crippen LogP contribution in [0.3, 0.4) is 0 Å². The number of nitrogens with one attached hydrogen (secondary N) is 2. The number of carbonyl (C=O) groups excluding carboxylic acids is 2. The molecule has 106 valence electrons. The second-order valence-corrected chi connectivity index (χ2v) is 5.33. The monoisotopic (exact) mass is 274 g/mol. The maximum absolute atomic E-state index is 11.8. The van der Waals surface area contributed by atoms with E-state index in [1.54, 1.807) is 7.11 Å². The van der Waals surface area contributed by atoms with Gasteiger partial charge in [-0.05, 0) is 42.5 Å². The lowest BCUT2D eigenvalue weighted by Crippen LogP contribution is -2.51. The number of ether oxygens (including phenoxy) is 1. The fourth-order valence-electron chi connectivity index (χ4n) is 2.98. The molecule has 3 rings (SSSR count). The first-order valence-electron chi connectivity index (χ1n) is 6.94. The first kappa shape index (κ1) is 13.1. The molecule has 0 spiro atoms. The second kappa shape index (κ2) is 5.25. The van der Waals surface area contributed by atoms with E-state index in [1.807, 2.05) is 12.1 Å². The molecule has 0 radical (unpaired) electrons. The molecule has 1 aromatic rings. The lowest BCUT2D eigenvalue weighted by molar-refractivity contribution is -0.134. The fraction of sp³-hybridized carbons (Fsp3) is 0.467. The fourth-order valence-corrected chi connectivity index (χ4v) is 2.98. The van der Waals surface area contributed by atoms with Crippen LogP contribution in [0.15, 0.2) is 18.2 Å². The number of methoxy groups -OCH3 is 1. The average Bonchev–Trinajstić information content (AvgIpc) is 2.84. The van der Waals surface area contributed by atoms with Crippen LogP contribution in [0.1, 0.15) is 36.4 Å². The van der Waals surface area contributed by atoms with Crippen molar-refractivity contribution in [2.24, 2.45) is 0 Å². The first-order chi connectivity index (χ1) is 9.67. The lowest BCUT2D eigenvalue weighted by atomic mass is 10.0. The molecule has 1 aliphatic carbocycles. The summed E-state index contributed by atoms with van der Waals surface area (Å²) in [6.45, 7) is 0. The van der Waals surface area contributed by atoms with Gasteiger partial charge in [-0.3, -0.25) is 20.2 Å². The maximum Gasteiger partial charge on any atom is 0.243 e. The number of hydrogen-bond donors (Lipinski definition) is 2. The molecule has 1 heterocycles. The van der Waals surface area contributed by atoms with Crippen molar-refractivity contribution in [3.05, 3.63) is 29.3 Å². The highest BCUT2D eigenvalue weighted by atomic mass is 16.5. The standard InChI is InChI=1S/C15H18N2O3/c1-20-10-4-2-9-3-5-12(11(9)8-10)16-13-6-7-14(18)17-15(13)19/h2,4,8,12-13,16H,3,5-7H2,1H3,(H,17,18,19). The van der Waals surface area contributed by atoms with Gasteiger partial charge in [-0.2, -0.15) is 0 Å². The van der Waals surface area contributed by atoms with Crippen molar-refractivity contribution < 1.29 is 14.3 Å². The minimum Gasteiger partial charge on any atom is -0.497 e. The van der Waals surface area contributed by atoms with Crippen LogP contribution in [0.25, 0.3) is 0 Å². The van der Waals surface area contributed by atoms with E-state index in [2.05, 4.69) is 16.7 Å². The third kappa shape index (κ3) is 2.41. The van der Waals surface area contributed by atoms with E-state index in [4.69, 9.17) is 4.74 Å². The third-order valence-corrected chi connectivity index (χ3v) is 4.07. The highest BCUT2D eigenvalue weighted by molar-refractivity contribution is 6.00. The number of fused-ring (bicyclic) bond motifs is 1. The van der Waals surface area contributed by atoms with Crippen molar-refractivity contribution in [2.45, 2.75) is 37.8 Å². The van der Waals surface area contributed by atoms with Gasteiger partial charge in [0.25, 0.3) is 0 Å². The number of piperidine rings is 1. The number of amides is 2. The summed E-state index contributed by atoms with van der Waals surface area (Å²) in [6.07, 6.45) is 2.95. The summed E-state index contributed by atoms with van der Waals surface area (Å²) >= 11 is 0. The number of aryl methyl sites for hydroxylation is 1. The van der Waals surface area contributed by atoms with E-state index in [9.17, 15) is 9.59 Å². The quantitative estimate of drug-likeness (QED) is 0.809. The van der Waals surface area contributed by atoms with Crippen LogP contribution in [0, 0.1) is 0 Å². The highest BCUT2D eigenvalue weighted by Crippen LogP contribution is 2.34. The van der Waals surface area contributed by atoms with E-state index < -0.39 is 0 Å². The second-order valence-electron chi connectivity index (χ2n) is 5.33. The van der Waals surface area contributed by atoms with Gasteiger partial charge in [-0.25, -0.2) is 0 Å². The molecule has 1 aromatic carbocycles. The molecule has 1 fully saturated rings. The lowest BCUT2D eigenvalue weighted by Gasteiger charge is -2.25. The zero-order valence-electron chi connectivity index (χ0n) is 11.4. The maximum atomic E-state index is 11.8. The van der Waals surface area contributed by atoms with Crippen molar-refractivity contribution in [1.29, 1.82) is 0 Å². The zero-order chi connectivity index (χ0) is 14.1. The first-order valence-corrected chi connectivity index (χ1v) is 6.94. The smallest absolute Gasteiger partial charge is 0.243 e. The molecule has 1 saturated heterocycles. The van der Waals surface area contributed by atoms with Gasteiger partial charge < -0.3 is 4.74 Å². The van der Waals surface area contributed by atoms with Gasteiger partial charge in [0, 0.05) is 12.5 Å². The number of hydrogen-bond acceptors (Lipinski definition) is 4. The van der Waals surface area contributed by atoms with E-state index in [-0.39, 0.29) is 23.9 Å². The van der Waals surface area contributed by atoms with Crippen molar-refractivity contribution >= 4 is 11.8 Å². The van der Waals surface area contributed by atoms with Crippen LogP contribution in [-0.2, 0) is 16.0 Å². The SMILES string of the molecule is COc1ccc2c(c1)C(NC1CCC(=O)NC1=O)CC2. The average molecular weight is 274 g/mol. The van der Waals surface area contributed by atoms with Crippen LogP contribution in [-0.4, -0.2) is 25.0 Å². The molecule has 2 atom stereocenters. The molecule has 5 nitrogen and oxygen atoms in total. The molecule has 1 aliphatic heterocycles. The normalized spacial score (nSPS) is 25.2. The molecule has 2 N–H and O–H groups in total. The van der Waals surface area contributed by atoms with Crippen LogP contribution in [0.5, 0.6) is 5.75 Å². The van der Waals surface area contributed by atoms with Crippen LogP contribution in [0.2, 0.25) is 0 Å². The Kier molecular flexibility index (Phi) is 3.44. The molecular weight excluding hydrogens is 256 g/mol. The Hall–Kier alpha value is -1.88. The van der Waals surface area contributed by atoms with Gasteiger partial charge in [0.2, 0.25) is 11.8 Å². The summed E-state index contributed by atoms with van der Waals surface area (Å²) in [4.78, 5) is 23.0. The minimum atomic E-state index is -0.283. The zero-order valence-corrected chi connectivity index (χ0v) is 11.4. The summed E-state index contributed by atoms with van der Waals surface area (Å²) in [7, 11) is 1.65. The number of carbonyl (C=O) groups is 2. The molecule has 0 aromatic heterocycles. The Balaban J connectivity index is 1.74. The van der Waals surface area contributed by atoms with Crippen molar-refractivity contribution in [1.82, 2.24) is 10.6 Å². The van der Waals surface area contributed by atoms with Gasteiger partial charge in [0.05, 0.1) is 13.2 Å². The van der Waals surface area contributed by atoms with E-state index in [1.165, 1.54) is 11.1 Å². The Labute approximate surface area is 117 Å². The van der Waals surface area contributed by atoms with E-state index >= 15 is 0 Å². The highest BCUT2D eigenvalue weighted by Gasteiger charge is 2.31. The largest absolute Gasteiger partial charge is 0.497 e. The molecule has 5 heteroatoms. The summed E-state index contributed by atoms with van der Waals surface area (Å²) in [6, 6.07) is 5.96. The Morgan fingerprint density at radius 3 is 2.75 bits per heavy atom. The predicted octanol–water partition coefficient (Wildman–Crippen LogP) is 1.08. The van der Waals surface area contributed by atoms with Gasteiger partial charge >= 0.3 is 0 Å². The number of imide groups is 1. The number of benzene rings is 1. The van der Waals surface area contributed by atoms with E-state index in [0.717, 1.165) is 18.6 Å². The van der Waals surface area contributed by atoms with E-state index in [0.29, 0.717) is 12.8 Å². The van der Waals surface area contributed by atoms with Crippen molar-refractivity contribution in [3.63, 3.8) is 0 Å². The van der Waals surface area contributed by atoms with Crippen molar-refractivity contribution in [2.75, 3.05) is 7.11 Å². The Morgan fingerprint density at radius 2 is 2.00 bits per heavy atom. The van der Waals surface area contributed by atoms with Gasteiger partial charge in [0.1, 0.15) is 5.75 Å². The molecule has 0 saturated carbocycles. The minimum absolute atomic E-state index is 0.157. The predicted molar refractivity (Wildman–Crippen MR) is 73.4 cm³/mol. The van der Waals surface area contributed by atoms with Gasteiger partial charge in [-0.1, -0.05) is 6.07 Å². The molecular formula is C15H18N2O3. The van der Waals surface area contributed by atoms with Crippen LogP contribution >= 0.6 is 0 Å². The number of rotatable bonds is 3. The van der Waals surface area contributed by atoms with Crippen molar-refractivity contribution in [3.8, 4) is 5.75 Å². The van der Waals surface area contributed by atoms with Gasteiger partial charge in [0.15, 0.2) is 0 Å². The molecule has 2 amide bonds. The Morgan fingerprint density at radius 1 is 1.20 bits per heavy atom. The molecule has 20 heavy (non-hydrogen) atoms. The van der Waals surface area contributed by atoms with Crippen LogP contribution < -0.4 is 15.4 Å². The summed E-state index contributed by atoms with van der Waals surface area (Å²) in [5.74, 6) is 0.444. The van der Waals surface area contributed by atoms with Crippen LogP contribution in [0.4, 0.5) is 0 Å². The van der Waals surface area contributed by atoms with Gasteiger partial charge in [-0.15, -0.1) is 0 Å².